The zero-order valence-electron chi connectivity index (χ0n) is 35.3. The van der Waals surface area contributed by atoms with Crippen molar-refractivity contribution in [3.05, 3.63) is 108 Å². The SMILES string of the molecule is CCCCCCCCCCCCCCCCCOC(CNC(=O)CCCCCCCCCCC)COC(c1ccccc1)(c1ccccc1)c1ccccc1. The van der Waals surface area contributed by atoms with Gasteiger partial charge in [-0.2, -0.15) is 0 Å². The van der Waals surface area contributed by atoms with E-state index >= 15 is 0 Å². The Balaban J connectivity index is 1.52. The first-order chi connectivity index (χ1) is 27.2. The Labute approximate surface area is 338 Å². The highest BCUT2D eigenvalue weighted by molar-refractivity contribution is 5.75. The van der Waals surface area contributed by atoms with Crippen LogP contribution in [0, 0.1) is 0 Å². The zero-order chi connectivity index (χ0) is 38.9. The van der Waals surface area contributed by atoms with Crippen LogP contribution in [0.5, 0.6) is 0 Å². The van der Waals surface area contributed by atoms with E-state index in [0.29, 0.717) is 26.2 Å². The van der Waals surface area contributed by atoms with Gasteiger partial charge in [-0.3, -0.25) is 4.79 Å². The Hall–Kier alpha value is -2.95. The molecule has 0 bridgehead atoms. The quantitative estimate of drug-likeness (QED) is 0.0481. The van der Waals surface area contributed by atoms with Crippen LogP contribution in [0.1, 0.15) is 191 Å². The van der Waals surface area contributed by atoms with Crippen molar-refractivity contribution in [1.29, 1.82) is 0 Å². The van der Waals surface area contributed by atoms with Crippen molar-refractivity contribution in [2.75, 3.05) is 19.8 Å². The van der Waals surface area contributed by atoms with Crippen molar-refractivity contribution in [3.8, 4) is 0 Å². The fraction of sp³-hybridized carbons (Fsp3) is 0.627. The predicted molar refractivity (Wildman–Crippen MR) is 235 cm³/mol. The molecule has 0 aliphatic carbocycles. The van der Waals surface area contributed by atoms with E-state index in [0.717, 1.165) is 36.0 Å². The van der Waals surface area contributed by atoms with E-state index in [1.54, 1.807) is 0 Å². The normalized spacial score (nSPS) is 12.2. The van der Waals surface area contributed by atoms with Crippen LogP contribution in [0.2, 0.25) is 0 Å². The third-order valence-electron chi connectivity index (χ3n) is 11.2. The molecule has 0 spiro atoms. The first-order valence-corrected chi connectivity index (χ1v) is 22.9. The molecule has 0 saturated heterocycles. The molecule has 306 valence electrons. The third-order valence-corrected chi connectivity index (χ3v) is 11.2. The zero-order valence-corrected chi connectivity index (χ0v) is 35.3. The minimum absolute atomic E-state index is 0.115. The van der Waals surface area contributed by atoms with Gasteiger partial charge in [0.2, 0.25) is 5.91 Å². The van der Waals surface area contributed by atoms with E-state index in [9.17, 15) is 4.79 Å². The number of ether oxygens (including phenoxy) is 2. The van der Waals surface area contributed by atoms with Crippen molar-refractivity contribution in [2.24, 2.45) is 0 Å². The van der Waals surface area contributed by atoms with Crippen LogP contribution in [0.15, 0.2) is 91.0 Å². The molecule has 0 aliphatic rings. The minimum Gasteiger partial charge on any atom is -0.374 e. The lowest BCUT2D eigenvalue weighted by Gasteiger charge is -2.37. The lowest BCUT2D eigenvalue weighted by molar-refractivity contribution is -0.122. The molecule has 4 heteroatoms. The number of carbonyl (C=O) groups excluding carboxylic acids is 1. The maximum absolute atomic E-state index is 13.0. The van der Waals surface area contributed by atoms with Crippen molar-refractivity contribution < 1.29 is 14.3 Å². The summed E-state index contributed by atoms with van der Waals surface area (Å²) in [4.78, 5) is 13.0. The number of nitrogens with one attached hydrogen (secondary N) is 1. The van der Waals surface area contributed by atoms with E-state index < -0.39 is 5.60 Å². The number of benzene rings is 3. The average Bonchev–Trinajstić information content (AvgIpc) is 3.23. The molecule has 0 saturated carbocycles. The molecule has 1 unspecified atom stereocenters. The monoisotopic (exact) mass is 754 g/mol. The summed E-state index contributed by atoms with van der Waals surface area (Å²) in [6.45, 7) is 6.04. The molecular weight excluding hydrogens is 675 g/mol. The van der Waals surface area contributed by atoms with E-state index in [4.69, 9.17) is 9.47 Å². The Morgan fingerprint density at radius 1 is 0.491 bits per heavy atom. The number of hydrogen-bond acceptors (Lipinski definition) is 3. The van der Waals surface area contributed by atoms with E-state index in [1.807, 2.05) is 0 Å². The van der Waals surface area contributed by atoms with E-state index in [-0.39, 0.29) is 12.0 Å². The van der Waals surface area contributed by atoms with Gasteiger partial charge < -0.3 is 14.8 Å². The second-order valence-corrected chi connectivity index (χ2v) is 15.9. The van der Waals surface area contributed by atoms with Crippen LogP contribution < -0.4 is 5.32 Å². The first kappa shape index (κ1) is 46.4. The van der Waals surface area contributed by atoms with Gasteiger partial charge in [0.25, 0.3) is 0 Å². The Morgan fingerprint density at radius 2 is 0.836 bits per heavy atom. The largest absolute Gasteiger partial charge is 0.374 e. The smallest absolute Gasteiger partial charge is 0.220 e. The number of amides is 1. The number of rotatable bonds is 35. The highest BCUT2D eigenvalue weighted by atomic mass is 16.5. The lowest BCUT2D eigenvalue weighted by atomic mass is 9.80. The molecule has 0 fully saturated rings. The molecule has 0 aromatic heterocycles. The predicted octanol–water partition coefficient (Wildman–Crippen LogP) is 14.3. The first-order valence-electron chi connectivity index (χ1n) is 22.9. The highest BCUT2D eigenvalue weighted by Crippen LogP contribution is 2.40. The average molecular weight is 754 g/mol. The molecule has 0 heterocycles. The van der Waals surface area contributed by atoms with Gasteiger partial charge in [-0.1, -0.05) is 246 Å². The van der Waals surface area contributed by atoms with E-state index in [2.05, 4.69) is 110 Å². The summed E-state index contributed by atoms with van der Waals surface area (Å²) < 4.78 is 13.7. The molecule has 3 rings (SSSR count). The second kappa shape index (κ2) is 31.2. The maximum atomic E-state index is 13.0. The molecule has 4 nitrogen and oxygen atoms in total. The summed E-state index contributed by atoms with van der Waals surface area (Å²) in [5, 5.41) is 3.22. The molecule has 1 amide bonds. The van der Waals surface area contributed by atoms with E-state index in [1.165, 1.54) is 135 Å². The molecule has 3 aromatic carbocycles. The van der Waals surface area contributed by atoms with Crippen molar-refractivity contribution in [2.45, 2.75) is 186 Å². The lowest BCUT2D eigenvalue weighted by Crippen LogP contribution is -2.41. The fourth-order valence-corrected chi connectivity index (χ4v) is 7.79. The van der Waals surface area contributed by atoms with Crippen LogP contribution in [0.4, 0.5) is 0 Å². The number of hydrogen-bond donors (Lipinski definition) is 1. The van der Waals surface area contributed by atoms with Gasteiger partial charge in [-0.25, -0.2) is 0 Å². The topological polar surface area (TPSA) is 47.6 Å². The summed E-state index contributed by atoms with van der Waals surface area (Å²) in [6, 6.07) is 31.5. The summed E-state index contributed by atoms with van der Waals surface area (Å²) in [6.07, 6.45) is 31.7. The molecule has 0 radical (unpaired) electrons. The summed E-state index contributed by atoms with van der Waals surface area (Å²) >= 11 is 0. The van der Waals surface area contributed by atoms with Gasteiger partial charge in [0.15, 0.2) is 0 Å². The summed E-state index contributed by atoms with van der Waals surface area (Å²) in [5.41, 5.74) is 2.40. The van der Waals surface area contributed by atoms with Gasteiger partial charge >= 0.3 is 0 Å². The minimum atomic E-state index is -0.819. The standard InChI is InChI=1S/C51H79NO3/c1-3-5-7-9-11-13-14-15-16-17-18-20-22-24-35-43-54-49(44-52-50(53)42-34-23-21-19-12-10-8-6-4-2)45-55-51(46-36-28-25-29-37-46,47-38-30-26-31-39-47)48-40-32-27-33-41-48/h25-33,36-41,49H,3-24,34-35,42-45H2,1-2H3,(H,52,53). The van der Waals surface area contributed by atoms with Crippen molar-refractivity contribution in [1.82, 2.24) is 5.32 Å². The Kier molecular flexibility index (Phi) is 26.3. The van der Waals surface area contributed by atoms with Crippen molar-refractivity contribution >= 4 is 5.91 Å². The van der Waals surface area contributed by atoms with Gasteiger partial charge in [0.1, 0.15) is 5.60 Å². The molecule has 3 aromatic rings. The van der Waals surface area contributed by atoms with Gasteiger partial charge in [0.05, 0.1) is 12.7 Å². The maximum Gasteiger partial charge on any atom is 0.220 e. The molecule has 0 aliphatic heterocycles. The molecule has 55 heavy (non-hydrogen) atoms. The van der Waals surface area contributed by atoms with Gasteiger partial charge in [0, 0.05) is 19.6 Å². The number of carbonyl (C=O) groups is 1. The van der Waals surface area contributed by atoms with Gasteiger partial charge in [-0.05, 0) is 29.5 Å². The Morgan fingerprint density at radius 3 is 1.22 bits per heavy atom. The summed E-state index contributed by atoms with van der Waals surface area (Å²) in [5.74, 6) is 0.115. The van der Waals surface area contributed by atoms with Crippen LogP contribution in [0.3, 0.4) is 0 Å². The Bertz CT molecular complexity index is 1200. The summed E-state index contributed by atoms with van der Waals surface area (Å²) in [7, 11) is 0. The van der Waals surface area contributed by atoms with Crippen LogP contribution >= 0.6 is 0 Å². The van der Waals surface area contributed by atoms with Crippen LogP contribution in [0.25, 0.3) is 0 Å². The molecule has 1 N–H and O–H groups in total. The van der Waals surface area contributed by atoms with Gasteiger partial charge in [-0.15, -0.1) is 0 Å². The molecular formula is C51H79NO3. The second-order valence-electron chi connectivity index (χ2n) is 15.9. The fourth-order valence-electron chi connectivity index (χ4n) is 7.79. The molecule has 1 atom stereocenters. The highest BCUT2D eigenvalue weighted by Gasteiger charge is 2.38. The van der Waals surface area contributed by atoms with Crippen LogP contribution in [-0.4, -0.2) is 31.8 Å². The number of unbranched alkanes of at least 4 members (excludes halogenated alkanes) is 22. The van der Waals surface area contributed by atoms with Crippen molar-refractivity contribution in [3.63, 3.8) is 0 Å². The third kappa shape index (κ3) is 19.7. The van der Waals surface area contributed by atoms with Crippen LogP contribution in [-0.2, 0) is 19.9 Å².